The van der Waals surface area contributed by atoms with E-state index < -0.39 is 6.16 Å². The second-order valence-corrected chi connectivity index (χ2v) is 3.23. The molecule has 0 atom stereocenters. The van der Waals surface area contributed by atoms with Gasteiger partial charge in [0.2, 0.25) is 0 Å². The highest BCUT2D eigenvalue weighted by Gasteiger charge is 2.01. The highest BCUT2D eigenvalue weighted by Crippen LogP contribution is 2.03. The van der Waals surface area contributed by atoms with Gasteiger partial charge in [0.1, 0.15) is 6.61 Å². The van der Waals surface area contributed by atoms with Gasteiger partial charge in [-0.3, -0.25) is 0 Å². The van der Waals surface area contributed by atoms with Crippen molar-refractivity contribution in [2.45, 2.75) is 26.7 Å². The lowest BCUT2D eigenvalue weighted by Crippen LogP contribution is -2.08. The zero-order valence-corrected chi connectivity index (χ0v) is 8.41. The van der Waals surface area contributed by atoms with Crippen LogP contribution in [0.1, 0.15) is 26.7 Å². The summed E-state index contributed by atoms with van der Waals surface area (Å²) in [5.41, 5.74) is 0. The van der Waals surface area contributed by atoms with Gasteiger partial charge in [0.15, 0.2) is 0 Å². The van der Waals surface area contributed by atoms with E-state index in [1.165, 1.54) is 6.08 Å². The molecule has 76 valence electrons. The summed E-state index contributed by atoms with van der Waals surface area (Å²) in [7, 11) is 0. The zero-order valence-electron chi connectivity index (χ0n) is 8.41. The summed E-state index contributed by atoms with van der Waals surface area (Å²) >= 11 is 0. The lowest BCUT2D eigenvalue weighted by molar-refractivity contribution is 0.0614. The summed E-state index contributed by atoms with van der Waals surface area (Å²) in [4.78, 5) is 10.8. The molecule has 0 radical (unpaired) electrons. The predicted molar refractivity (Wildman–Crippen MR) is 51.6 cm³/mol. The molecule has 13 heavy (non-hydrogen) atoms. The minimum absolute atomic E-state index is 0.211. The Morgan fingerprint density at radius 2 is 2.15 bits per heavy atom. The Balaban J connectivity index is 3.21. The molecule has 0 aliphatic heterocycles. The summed E-state index contributed by atoms with van der Waals surface area (Å²) < 4.78 is 9.40. The third kappa shape index (κ3) is 8.92. The van der Waals surface area contributed by atoms with E-state index in [1.807, 2.05) is 0 Å². The average molecular weight is 186 g/mol. The molecular formula is C10H18O3. The number of hydrogen-bond donors (Lipinski definition) is 0. The molecule has 0 aliphatic carbocycles. The zero-order chi connectivity index (χ0) is 10.1. The topological polar surface area (TPSA) is 35.5 Å². The van der Waals surface area contributed by atoms with Crippen LogP contribution >= 0.6 is 0 Å². The van der Waals surface area contributed by atoms with Gasteiger partial charge in [-0.05, 0) is 18.8 Å². The summed E-state index contributed by atoms with van der Waals surface area (Å²) in [5.74, 6) is 0.646. The molecule has 3 nitrogen and oxygen atoms in total. The van der Waals surface area contributed by atoms with Crippen molar-refractivity contribution in [1.29, 1.82) is 0 Å². The maximum atomic E-state index is 10.8. The van der Waals surface area contributed by atoms with Crippen molar-refractivity contribution in [3.8, 4) is 0 Å². The Bertz CT molecular complexity index is 152. The van der Waals surface area contributed by atoms with E-state index in [0.717, 1.165) is 12.8 Å². The van der Waals surface area contributed by atoms with Crippen LogP contribution in [0.3, 0.4) is 0 Å². The van der Waals surface area contributed by atoms with Gasteiger partial charge in [-0.2, -0.15) is 0 Å². The van der Waals surface area contributed by atoms with Gasteiger partial charge in [-0.1, -0.05) is 26.5 Å². The second kappa shape index (κ2) is 7.65. The third-order valence-electron chi connectivity index (χ3n) is 1.46. The predicted octanol–water partition coefficient (Wildman–Crippen LogP) is 2.76. The molecule has 0 spiro atoms. The normalized spacial score (nSPS) is 9.77. The van der Waals surface area contributed by atoms with Gasteiger partial charge in [0.05, 0.1) is 6.61 Å². The Morgan fingerprint density at radius 3 is 2.69 bits per heavy atom. The number of carbonyl (C=O) groups excluding carboxylic acids is 1. The van der Waals surface area contributed by atoms with Crippen LogP contribution in [0.5, 0.6) is 0 Å². The monoisotopic (exact) mass is 186 g/mol. The smallest absolute Gasteiger partial charge is 0.434 e. The molecule has 0 amide bonds. The first-order chi connectivity index (χ1) is 6.16. The van der Waals surface area contributed by atoms with Crippen molar-refractivity contribution in [1.82, 2.24) is 0 Å². The molecule has 0 aliphatic rings. The molecular weight excluding hydrogens is 168 g/mol. The molecule has 0 aromatic rings. The molecule has 0 rings (SSSR count). The van der Waals surface area contributed by atoms with Crippen LogP contribution in [0.2, 0.25) is 0 Å². The van der Waals surface area contributed by atoms with Gasteiger partial charge in [-0.25, -0.2) is 4.79 Å². The third-order valence-corrected chi connectivity index (χ3v) is 1.46. The SMILES string of the molecule is C=CCOC(=O)OCCCC(C)C. The van der Waals surface area contributed by atoms with Crippen LogP contribution in [-0.4, -0.2) is 19.4 Å². The lowest BCUT2D eigenvalue weighted by atomic mass is 10.1. The van der Waals surface area contributed by atoms with E-state index in [2.05, 4.69) is 25.2 Å². The number of ether oxygens (including phenoxy) is 2. The fraction of sp³-hybridized carbons (Fsp3) is 0.700. The maximum Gasteiger partial charge on any atom is 0.508 e. The van der Waals surface area contributed by atoms with Gasteiger partial charge >= 0.3 is 6.16 Å². The molecule has 0 unspecified atom stereocenters. The maximum absolute atomic E-state index is 10.8. The second-order valence-electron chi connectivity index (χ2n) is 3.23. The molecule has 0 saturated carbocycles. The van der Waals surface area contributed by atoms with Crippen molar-refractivity contribution in [2.75, 3.05) is 13.2 Å². The fourth-order valence-electron chi connectivity index (χ4n) is 0.816. The highest BCUT2D eigenvalue weighted by atomic mass is 16.7. The van der Waals surface area contributed by atoms with Gasteiger partial charge in [0.25, 0.3) is 0 Å². The van der Waals surface area contributed by atoms with Gasteiger partial charge in [-0.15, -0.1) is 0 Å². The van der Waals surface area contributed by atoms with Crippen LogP contribution in [0, 0.1) is 5.92 Å². The molecule has 0 bridgehead atoms. The van der Waals surface area contributed by atoms with E-state index in [9.17, 15) is 4.79 Å². The minimum atomic E-state index is -0.608. The quantitative estimate of drug-likeness (QED) is 0.363. The highest BCUT2D eigenvalue weighted by molar-refractivity contribution is 5.59. The minimum Gasteiger partial charge on any atom is -0.434 e. The average Bonchev–Trinajstić information content (AvgIpc) is 2.08. The van der Waals surface area contributed by atoms with Crippen molar-refractivity contribution >= 4 is 6.16 Å². The van der Waals surface area contributed by atoms with Crippen LogP contribution < -0.4 is 0 Å². The van der Waals surface area contributed by atoms with Crippen molar-refractivity contribution in [3.05, 3.63) is 12.7 Å². The summed E-state index contributed by atoms with van der Waals surface area (Å²) in [6, 6.07) is 0. The van der Waals surface area contributed by atoms with Gasteiger partial charge < -0.3 is 9.47 Å². The number of rotatable bonds is 6. The van der Waals surface area contributed by atoms with E-state index in [0.29, 0.717) is 12.5 Å². The summed E-state index contributed by atoms with van der Waals surface area (Å²) in [5, 5.41) is 0. The first-order valence-corrected chi connectivity index (χ1v) is 4.57. The summed E-state index contributed by atoms with van der Waals surface area (Å²) in [6.45, 7) is 8.34. The fourth-order valence-corrected chi connectivity index (χ4v) is 0.816. The van der Waals surface area contributed by atoms with E-state index >= 15 is 0 Å². The number of hydrogen-bond acceptors (Lipinski definition) is 3. The first-order valence-electron chi connectivity index (χ1n) is 4.57. The largest absolute Gasteiger partial charge is 0.508 e. The Labute approximate surface area is 79.7 Å². The molecule has 0 aromatic carbocycles. The van der Waals surface area contributed by atoms with Crippen LogP contribution in [0.15, 0.2) is 12.7 Å². The van der Waals surface area contributed by atoms with Gasteiger partial charge in [0, 0.05) is 0 Å². The lowest BCUT2D eigenvalue weighted by Gasteiger charge is -2.05. The van der Waals surface area contributed by atoms with Crippen molar-refractivity contribution < 1.29 is 14.3 Å². The first kappa shape index (κ1) is 12.0. The molecule has 0 aromatic heterocycles. The molecule has 3 heteroatoms. The Kier molecular flexibility index (Phi) is 7.07. The molecule has 0 heterocycles. The van der Waals surface area contributed by atoms with Crippen LogP contribution in [-0.2, 0) is 9.47 Å². The van der Waals surface area contributed by atoms with E-state index in [4.69, 9.17) is 4.74 Å². The Morgan fingerprint density at radius 1 is 1.46 bits per heavy atom. The standard InChI is InChI=1S/C10H18O3/c1-4-7-12-10(11)13-8-5-6-9(2)3/h4,9H,1,5-8H2,2-3H3. The molecule has 0 fully saturated rings. The van der Waals surface area contributed by atoms with Crippen LogP contribution in [0.25, 0.3) is 0 Å². The van der Waals surface area contributed by atoms with Crippen molar-refractivity contribution in [3.63, 3.8) is 0 Å². The summed E-state index contributed by atoms with van der Waals surface area (Å²) in [6.07, 6.45) is 2.86. The molecule has 0 N–H and O–H groups in total. The van der Waals surface area contributed by atoms with E-state index in [1.54, 1.807) is 0 Å². The number of carbonyl (C=O) groups is 1. The Hall–Kier alpha value is -0.990. The van der Waals surface area contributed by atoms with Crippen molar-refractivity contribution in [2.24, 2.45) is 5.92 Å². The van der Waals surface area contributed by atoms with E-state index in [-0.39, 0.29) is 6.61 Å². The van der Waals surface area contributed by atoms with Crippen LogP contribution in [0.4, 0.5) is 4.79 Å². The molecule has 0 saturated heterocycles.